The maximum atomic E-state index is 15.1. The third-order valence-corrected chi connectivity index (χ3v) is 17.8. The number of benzene rings is 1. The molecule has 1 aromatic rings. The number of nitrogens with zero attached hydrogens (tertiary/aromatic N) is 6. The zero-order valence-electron chi connectivity index (χ0n) is 57.4. The second kappa shape index (κ2) is 33.9. The smallest absolute Gasteiger partial charge is 0.248 e. The fraction of sp³-hybridized carbons (Fsp3) is 0.672. The van der Waals surface area contributed by atoms with E-state index in [1.54, 1.807) is 65.0 Å². The lowest BCUT2D eigenvalue weighted by atomic mass is 9.90. The molecule has 26 nitrogen and oxygen atoms in total. The summed E-state index contributed by atoms with van der Waals surface area (Å²) in [7, 11) is 5.65. The zero-order chi connectivity index (χ0) is 69.5. The molecule has 0 radical (unpaired) electrons. The van der Waals surface area contributed by atoms with E-state index < -0.39 is 162 Å². The van der Waals surface area contributed by atoms with E-state index in [1.807, 2.05) is 45.9 Å². The van der Waals surface area contributed by atoms with Gasteiger partial charge in [0.1, 0.15) is 60.4 Å². The molecular formula is C67H104N12O14. The summed E-state index contributed by atoms with van der Waals surface area (Å²) in [5.74, 6) is -8.60. The van der Waals surface area contributed by atoms with Crippen LogP contribution in [-0.2, 0) is 68.7 Å². The number of β-lactam (4-membered cyclic amide) rings is 1. The first kappa shape index (κ1) is 76.0. The molecule has 26 heteroatoms. The van der Waals surface area contributed by atoms with Crippen LogP contribution in [0.4, 0.5) is 0 Å². The van der Waals surface area contributed by atoms with Gasteiger partial charge in [0.05, 0.1) is 30.9 Å². The van der Waals surface area contributed by atoms with Gasteiger partial charge < -0.3 is 71.1 Å². The van der Waals surface area contributed by atoms with Gasteiger partial charge in [-0.15, -0.1) is 0 Å². The quantitative estimate of drug-likeness (QED) is 0.115. The van der Waals surface area contributed by atoms with Gasteiger partial charge in [-0.25, -0.2) is 0 Å². The second-order valence-corrected chi connectivity index (χ2v) is 27.3. The highest BCUT2D eigenvalue weighted by Crippen LogP contribution is 2.29. The Morgan fingerprint density at radius 1 is 0.613 bits per heavy atom. The Morgan fingerprint density at radius 3 is 1.81 bits per heavy atom. The monoisotopic (exact) mass is 1300 g/mol. The summed E-state index contributed by atoms with van der Waals surface area (Å²) in [5, 5.41) is 27.8. The topological polar surface area (TPSA) is 326 Å². The summed E-state index contributed by atoms with van der Waals surface area (Å²) in [6, 6.07) is -5.24. The van der Waals surface area contributed by atoms with Gasteiger partial charge in [0.2, 0.25) is 70.9 Å². The Hall–Kier alpha value is -7.74. The van der Waals surface area contributed by atoms with Crippen molar-refractivity contribution in [1.29, 1.82) is 0 Å². The summed E-state index contributed by atoms with van der Waals surface area (Å²) in [5.41, 5.74) is 0.641. The van der Waals surface area contributed by atoms with Crippen LogP contribution in [0.15, 0.2) is 54.1 Å². The molecule has 1 aliphatic carbocycles. The van der Waals surface area contributed by atoms with Crippen molar-refractivity contribution in [2.45, 2.75) is 232 Å². The van der Waals surface area contributed by atoms with Gasteiger partial charge in [-0.1, -0.05) is 88.8 Å². The van der Waals surface area contributed by atoms with E-state index in [2.05, 4.69) is 31.9 Å². The molecule has 12 amide bonds. The van der Waals surface area contributed by atoms with Crippen LogP contribution in [0, 0.1) is 11.8 Å². The molecule has 7 N–H and O–H groups in total. The highest BCUT2D eigenvalue weighted by molar-refractivity contribution is 6.00. The van der Waals surface area contributed by atoms with Crippen LogP contribution in [0.2, 0.25) is 0 Å². The third kappa shape index (κ3) is 20.6. The van der Waals surface area contributed by atoms with E-state index in [4.69, 9.17) is 4.74 Å². The highest BCUT2D eigenvalue weighted by atomic mass is 16.5. The number of rotatable bonds is 12. The maximum absolute atomic E-state index is 15.1. The lowest BCUT2D eigenvalue weighted by molar-refractivity contribution is -0.167. The van der Waals surface area contributed by atoms with Crippen LogP contribution in [0.3, 0.4) is 0 Å². The molecule has 4 aliphatic heterocycles. The first-order chi connectivity index (χ1) is 43.6. The van der Waals surface area contributed by atoms with E-state index in [0.717, 1.165) is 10.5 Å². The van der Waals surface area contributed by atoms with Crippen LogP contribution in [-0.4, -0.2) is 237 Å². The Balaban J connectivity index is 1.56. The highest BCUT2D eigenvalue weighted by Gasteiger charge is 2.51. The predicted molar refractivity (Wildman–Crippen MR) is 347 cm³/mol. The van der Waals surface area contributed by atoms with Crippen LogP contribution in [0.1, 0.15) is 146 Å². The largest absolute Gasteiger partial charge is 0.391 e. The number of carbonyl (C=O) groups is 12. The Morgan fingerprint density at radius 2 is 1.22 bits per heavy atom. The predicted octanol–water partition coefficient (Wildman–Crippen LogP) is 1.48. The van der Waals surface area contributed by atoms with Gasteiger partial charge in [-0.3, -0.25) is 57.5 Å². The first-order valence-corrected chi connectivity index (χ1v) is 32.7. The lowest BCUT2D eigenvalue weighted by Crippen LogP contribution is -2.72. The number of ether oxygens (including phenoxy) is 1. The lowest BCUT2D eigenvalue weighted by Gasteiger charge is -2.50. The molecule has 1 aromatic carbocycles. The molecule has 13 atom stereocenters. The number of likely N-dealkylation sites (N-methyl/N-ethyl adjacent to an activating group) is 4. The van der Waals surface area contributed by atoms with Crippen molar-refractivity contribution in [3.8, 4) is 0 Å². The number of allylic oxidation sites excluding steroid dienone is 3. The number of hydrogen-bond donors (Lipinski definition) is 7. The Kier molecular flexibility index (Phi) is 27.7. The number of nitrogens with one attached hydrogen (secondary N) is 6. The van der Waals surface area contributed by atoms with Gasteiger partial charge in [-0.05, 0) is 117 Å². The number of aliphatic hydroxyl groups is 1. The number of hydrogen-bond acceptors (Lipinski definition) is 14. The standard InChI is InChI=1S/C67H104N12O14/c1-17-50-56-66(92)79(50)36-53(81)68-40(6)33-54(82)74(13)41(7)57(83)69-47(34-44-25-20-18-21-26-44)64(90)76(15)52(32-39(4)5)60(86)72-49(37-93-67(10,11)12)58(84)70-48(35-45-27-22-19-23-28-45)65(91)78-30-24-29-51(78)59(85)73-55(43(9)80)61(87)71-46(31-38(2)3)63(89)75(14)42(8)62(88)77(56)16/h18-22,25-27,38-43,46-52,55-56,80H,17,23-24,28-37H2,1-16H3,(H,68,81)(H,69,83)(H,70,84)(H,71,87)(H,72,86)(H,73,85)/t40-,41+,42-,43+,46-,47-,48-,49-,50-,51-,52-,55-,56-/m0/s1. The summed E-state index contributed by atoms with van der Waals surface area (Å²) in [4.78, 5) is 181. The van der Waals surface area contributed by atoms with E-state index >= 15 is 9.59 Å². The molecule has 0 unspecified atom stereocenters. The van der Waals surface area contributed by atoms with Crippen molar-refractivity contribution >= 4 is 70.9 Å². The fourth-order valence-corrected chi connectivity index (χ4v) is 12.1. The minimum atomic E-state index is -1.64. The van der Waals surface area contributed by atoms with Crippen LogP contribution in [0.5, 0.6) is 0 Å². The van der Waals surface area contributed by atoms with E-state index in [9.17, 15) is 53.1 Å². The minimum Gasteiger partial charge on any atom is -0.391 e. The molecule has 0 saturated carbocycles. The second-order valence-electron chi connectivity index (χ2n) is 27.3. The molecule has 2 bridgehead atoms. The normalized spacial score (nSPS) is 28.7. The molecular weight excluding hydrogens is 1200 g/mol. The van der Waals surface area contributed by atoms with Crippen LogP contribution in [0.25, 0.3) is 0 Å². The minimum absolute atomic E-state index is 0.0116. The van der Waals surface area contributed by atoms with Crippen LogP contribution < -0.4 is 31.9 Å². The Bertz CT molecular complexity index is 2930. The van der Waals surface area contributed by atoms with Crippen molar-refractivity contribution < 1.29 is 67.4 Å². The summed E-state index contributed by atoms with van der Waals surface area (Å²) in [6.45, 7) is 19.5. The molecule has 4 fully saturated rings. The molecule has 516 valence electrons. The number of carbonyl (C=O) groups excluding carboxylic acids is 12. The van der Waals surface area contributed by atoms with Crippen molar-refractivity contribution in [2.75, 3.05) is 47.9 Å². The molecule has 93 heavy (non-hydrogen) atoms. The Labute approximate surface area is 548 Å². The van der Waals surface area contributed by atoms with E-state index in [0.29, 0.717) is 31.2 Å². The molecule has 0 aromatic heterocycles. The average Bonchev–Trinajstić information content (AvgIpc) is 1.10. The molecule has 4 saturated heterocycles. The van der Waals surface area contributed by atoms with Gasteiger partial charge in [0.25, 0.3) is 0 Å². The molecule has 5 aliphatic rings. The fourth-order valence-electron chi connectivity index (χ4n) is 12.1. The van der Waals surface area contributed by atoms with Crippen molar-refractivity contribution in [3.63, 3.8) is 0 Å². The summed E-state index contributed by atoms with van der Waals surface area (Å²) < 4.78 is 6.15. The maximum Gasteiger partial charge on any atom is 0.248 e. The van der Waals surface area contributed by atoms with E-state index in [1.165, 1.54) is 73.5 Å². The first-order valence-electron chi connectivity index (χ1n) is 32.7. The molecule has 0 spiro atoms. The van der Waals surface area contributed by atoms with Gasteiger partial charge in [0.15, 0.2) is 0 Å². The van der Waals surface area contributed by atoms with Gasteiger partial charge >= 0.3 is 0 Å². The van der Waals surface area contributed by atoms with Crippen molar-refractivity contribution in [3.05, 3.63) is 59.7 Å². The van der Waals surface area contributed by atoms with E-state index in [-0.39, 0.29) is 63.5 Å². The van der Waals surface area contributed by atoms with Crippen molar-refractivity contribution in [2.24, 2.45) is 11.8 Å². The molecule has 6 rings (SSSR count). The number of fused-ring (bicyclic) bond motifs is 30. The summed E-state index contributed by atoms with van der Waals surface area (Å²) in [6.07, 6.45) is 6.05. The van der Waals surface area contributed by atoms with Crippen LogP contribution >= 0.6 is 0 Å². The van der Waals surface area contributed by atoms with Crippen molar-refractivity contribution in [1.82, 2.24) is 61.3 Å². The number of amides is 12. The molecule has 4 heterocycles. The number of aliphatic hydroxyl groups excluding tert-OH is 1. The third-order valence-electron chi connectivity index (χ3n) is 17.8. The SMILES string of the molecule is CC[C@H]1[C@H]2C(=O)N1CC(=O)N[C@@H](C)CC(=O)N(C)[C@H](C)C(=O)N[C@@H](Cc1ccccc1)C(=O)N(C)[C@@H](CC(C)C)C(=O)N[C@@H](COC(C)(C)C)C(=O)N[C@@H](CC1=CC=CCC1)C(=O)N1CCC[C@H]1C(=O)N[C@@H]([C@@H](C)O)C(=O)N[C@@H](CC(C)C)C(=O)N(C)[C@@H](C)C(=O)N2C. The zero-order valence-corrected chi connectivity index (χ0v) is 57.4. The van der Waals surface area contributed by atoms with Gasteiger partial charge in [-0.2, -0.15) is 0 Å². The average molecular weight is 1300 g/mol. The van der Waals surface area contributed by atoms with Gasteiger partial charge in [0, 0.05) is 53.6 Å². The summed E-state index contributed by atoms with van der Waals surface area (Å²) >= 11 is 0.